The number of anilines is 1. The largest absolute Gasteiger partial charge is 0.481 e. The fraction of sp³-hybridized carbons (Fsp3) is 0.706. The molecule has 17 heteroatoms. The molecular weight excluding hydrogens is 909 g/mol. The Hall–Kier alpha value is -3.61. The average Bonchev–Trinajstić information content (AvgIpc) is 4.02. The summed E-state index contributed by atoms with van der Waals surface area (Å²) in [4.78, 5) is 97.2. The number of rotatable bonds is 32. The van der Waals surface area contributed by atoms with Crippen molar-refractivity contribution in [2.75, 3.05) is 65.0 Å². The van der Waals surface area contributed by atoms with Gasteiger partial charge in [0.15, 0.2) is 5.78 Å². The van der Waals surface area contributed by atoms with E-state index in [9.17, 15) is 38.7 Å². The Morgan fingerprint density at radius 3 is 2.12 bits per heavy atom. The number of ketones is 3. The van der Waals surface area contributed by atoms with Gasteiger partial charge >= 0.3 is 5.97 Å². The van der Waals surface area contributed by atoms with Crippen molar-refractivity contribution in [3.05, 3.63) is 40.1 Å². The molecule has 0 aliphatic carbocycles. The van der Waals surface area contributed by atoms with Crippen molar-refractivity contribution in [1.82, 2.24) is 15.1 Å². The zero-order chi connectivity index (χ0) is 50.7. The van der Waals surface area contributed by atoms with Gasteiger partial charge in [-0.2, -0.15) is 0 Å². The first-order valence-corrected chi connectivity index (χ1v) is 26.3. The van der Waals surface area contributed by atoms with Crippen molar-refractivity contribution in [2.45, 2.75) is 131 Å². The topological polar surface area (TPSA) is 198 Å². The summed E-state index contributed by atoms with van der Waals surface area (Å²) in [6.07, 6.45) is 1.19. The minimum atomic E-state index is -1.11. The summed E-state index contributed by atoms with van der Waals surface area (Å²) in [5.74, 6) is -4.22. The molecule has 2 unspecified atom stereocenters. The average molecular weight is 989 g/mol. The van der Waals surface area contributed by atoms with Crippen LogP contribution in [0.25, 0.3) is 0 Å². The molecule has 1 aromatic rings. The Labute approximate surface area is 413 Å². The van der Waals surface area contributed by atoms with Crippen molar-refractivity contribution in [3.63, 3.8) is 0 Å². The van der Waals surface area contributed by atoms with Crippen LogP contribution in [0.4, 0.5) is 5.69 Å². The molecule has 382 valence electrons. The van der Waals surface area contributed by atoms with Gasteiger partial charge in [-0.3, -0.25) is 38.5 Å². The van der Waals surface area contributed by atoms with Crippen LogP contribution in [0.2, 0.25) is 0 Å². The number of thioether (sulfide) groups is 2. The first kappa shape index (κ1) is 58.7. The minimum absolute atomic E-state index is 0.00560. The van der Waals surface area contributed by atoms with E-state index in [0.29, 0.717) is 42.1 Å². The predicted molar refractivity (Wildman–Crippen MR) is 269 cm³/mol. The number of likely N-dealkylation sites (tertiary alicyclic amines) is 1. The highest BCUT2D eigenvalue weighted by Gasteiger charge is 2.42. The van der Waals surface area contributed by atoms with Crippen LogP contribution >= 0.6 is 23.5 Å². The number of Topliss-reactive ketones (excluding diaryl/α,β-unsaturated/α-hetero) is 3. The molecule has 0 radical (unpaired) electrons. The van der Waals surface area contributed by atoms with Gasteiger partial charge < -0.3 is 34.9 Å². The van der Waals surface area contributed by atoms with Crippen molar-refractivity contribution >= 4 is 70.3 Å². The second-order valence-corrected chi connectivity index (χ2v) is 21.6. The number of hydrogen-bond donors (Lipinski definition) is 3. The monoisotopic (exact) mass is 989 g/mol. The maximum atomic E-state index is 14.3. The molecule has 3 rings (SSSR count). The number of nitrogens with zero attached hydrogens (tertiary/aromatic N) is 2. The van der Waals surface area contributed by atoms with Crippen LogP contribution in [0.1, 0.15) is 105 Å². The van der Waals surface area contributed by atoms with E-state index in [0.717, 1.165) is 11.5 Å². The van der Waals surface area contributed by atoms with Gasteiger partial charge in [0.25, 0.3) is 5.91 Å². The molecule has 1 aromatic carbocycles. The van der Waals surface area contributed by atoms with Gasteiger partial charge in [-0.25, -0.2) is 0 Å². The van der Waals surface area contributed by atoms with Gasteiger partial charge in [0.1, 0.15) is 11.6 Å². The molecule has 2 aliphatic rings. The zero-order valence-corrected chi connectivity index (χ0v) is 44.0. The molecule has 1 fully saturated rings. The highest BCUT2D eigenvalue weighted by molar-refractivity contribution is 8.22. The van der Waals surface area contributed by atoms with E-state index in [-0.39, 0.29) is 117 Å². The van der Waals surface area contributed by atoms with Crippen molar-refractivity contribution in [1.29, 1.82) is 0 Å². The van der Waals surface area contributed by atoms with Crippen LogP contribution in [-0.2, 0) is 54.2 Å². The second-order valence-electron chi connectivity index (χ2n) is 19.3. The minimum Gasteiger partial charge on any atom is -0.481 e. The molecule has 15 nitrogen and oxygen atoms in total. The summed E-state index contributed by atoms with van der Waals surface area (Å²) in [5.41, 5.74) is 1.22. The smallest absolute Gasteiger partial charge is 0.307 e. The number of carbonyl (C=O) groups excluding carboxylic acids is 6. The number of amides is 3. The number of nitrogens with one attached hydrogen (secondary N) is 2. The first-order chi connectivity index (χ1) is 32.2. The molecule has 0 spiro atoms. The van der Waals surface area contributed by atoms with Crippen LogP contribution < -0.4 is 10.6 Å². The van der Waals surface area contributed by atoms with Gasteiger partial charge in [0, 0.05) is 69.2 Å². The Kier molecular flexibility index (Phi) is 25.5. The lowest BCUT2D eigenvalue weighted by atomic mass is 9.76. The lowest BCUT2D eigenvalue weighted by Gasteiger charge is -2.36. The highest BCUT2D eigenvalue weighted by atomic mass is 32.2. The van der Waals surface area contributed by atoms with Crippen LogP contribution in [0.15, 0.2) is 34.6 Å². The van der Waals surface area contributed by atoms with Crippen LogP contribution in [0, 0.1) is 41.4 Å². The van der Waals surface area contributed by atoms with E-state index in [1.165, 1.54) is 18.9 Å². The molecule has 3 N–H and O–H groups in total. The Bertz CT molecular complexity index is 1850. The molecule has 9 atom stereocenters. The maximum absolute atomic E-state index is 14.3. The summed E-state index contributed by atoms with van der Waals surface area (Å²) >= 11 is 3.08. The summed E-state index contributed by atoms with van der Waals surface area (Å²) in [6.45, 7) is 15.1. The third-order valence-corrected chi connectivity index (χ3v) is 15.8. The van der Waals surface area contributed by atoms with Gasteiger partial charge in [-0.15, -0.1) is 23.5 Å². The molecular formula is C51H80N4O11S2. The normalized spacial score (nSPS) is 18.6. The summed E-state index contributed by atoms with van der Waals surface area (Å²) in [6, 6.07) is 6.11. The van der Waals surface area contributed by atoms with Gasteiger partial charge in [0.2, 0.25) is 11.8 Å². The zero-order valence-electron chi connectivity index (χ0n) is 42.4. The quantitative estimate of drug-likeness (QED) is 0.0617. The number of aliphatic carboxylic acids is 1. The summed E-state index contributed by atoms with van der Waals surface area (Å²) in [7, 11) is 6.85. The third kappa shape index (κ3) is 18.0. The highest BCUT2D eigenvalue weighted by Crippen LogP contribution is 2.34. The second kappa shape index (κ2) is 29.5. The fourth-order valence-electron chi connectivity index (χ4n) is 9.58. The van der Waals surface area contributed by atoms with Crippen molar-refractivity contribution < 1.29 is 52.9 Å². The van der Waals surface area contributed by atoms with Crippen LogP contribution in [0.3, 0.4) is 0 Å². The number of benzene rings is 1. The van der Waals surface area contributed by atoms with Crippen LogP contribution in [-0.4, -0.2) is 140 Å². The number of carbonyl (C=O) groups is 7. The number of hydrogen-bond acceptors (Lipinski definition) is 13. The predicted octanol–water partition coefficient (Wildman–Crippen LogP) is 7.12. The standard InChI is InChI=1S/C51H80N4O11S2/c1-12-33(6)39(27-42(57)38(31(2)3)26-43(58)48(32(4)5)54(8)9)44(64-10)28-47(60)55-21-13-14-40(55)49(65-11)34(7)41(56)25-36(51(62)63)24-35-15-17-37(18-16-35)53-46(59)19-22-66-23-20-52-50(61)45-29-67-30-68-45/h15-18,29,31-34,36,38-40,44,48-49H,12-14,19-28,30H2,1-11H3,(H,52,61)(H,53,59)(H,62,63)/t33?,34-,36+,38-,39-,40-,44?,48-,49+/m0/s1. The molecule has 3 amide bonds. The number of ether oxygens (including phenoxy) is 3. The van der Waals surface area contributed by atoms with Crippen molar-refractivity contribution in [2.24, 2.45) is 41.4 Å². The summed E-state index contributed by atoms with van der Waals surface area (Å²) in [5, 5.41) is 18.5. The lowest BCUT2D eigenvalue weighted by Crippen LogP contribution is -2.49. The van der Waals surface area contributed by atoms with E-state index >= 15 is 0 Å². The fourth-order valence-corrected chi connectivity index (χ4v) is 11.6. The van der Waals surface area contributed by atoms with Gasteiger partial charge in [-0.1, -0.05) is 67.0 Å². The molecule has 0 aromatic heterocycles. The Morgan fingerprint density at radius 1 is 0.868 bits per heavy atom. The molecule has 0 bridgehead atoms. The van der Waals surface area contributed by atoms with Crippen molar-refractivity contribution in [3.8, 4) is 0 Å². The Balaban J connectivity index is 1.59. The van der Waals surface area contributed by atoms with Gasteiger partial charge in [0.05, 0.1) is 61.2 Å². The molecule has 68 heavy (non-hydrogen) atoms. The maximum Gasteiger partial charge on any atom is 0.307 e. The number of methoxy groups -OCH3 is 2. The number of likely N-dealkylation sites (N-methyl/N-ethyl adjacent to an activating group) is 1. The first-order valence-electron chi connectivity index (χ1n) is 24.3. The van der Waals surface area contributed by atoms with E-state index in [4.69, 9.17) is 14.2 Å². The number of carboxylic acids is 1. The number of carboxylic acid groups (broad SMARTS) is 1. The van der Waals surface area contributed by atoms with E-state index < -0.39 is 42.0 Å². The summed E-state index contributed by atoms with van der Waals surface area (Å²) < 4.78 is 17.5. The van der Waals surface area contributed by atoms with Gasteiger partial charge in [-0.05, 0) is 80.1 Å². The molecule has 2 aliphatic heterocycles. The third-order valence-electron chi connectivity index (χ3n) is 13.6. The van der Waals surface area contributed by atoms with E-state index in [1.807, 2.05) is 52.1 Å². The lowest BCUT2D eigenvalue weighted by molar-refractivity contribution is -0.146. The molecule has 1 saturated heterocycles. The van der Waals surface area contributed by atoms with Crippen LogP contribution in [0.5, 0.6) is 0 Å². The molecule has 0 saturated carbocycles. The van der Waals surface area contributed by atoms with E-state index in [2.05, 4.69) is 24.5 Å². The molecule has 2 heterocycles. The Morgan fingerprint density at radius 2 is 1.56 bits per heavy atom. The van der Waals surface area contributed by atoms with E-state index in [1.54, 1.807) is 55.0 Å². The SMILES string of the molecule is CCC(C)[C@H](CC(=O)[C@@H](CC(=O)[C@H](C(C)C)N(C)C)C(C)C)C(CC(=O)N1CCC[C@H]1[C@H](OC)[C@@H](C)C(=O)C[C@@H](Cc1ccc(NC(=O)CCOCCNC(=O)C2=CSCS2)cc1)C(=O)O)OC.